The average molecular weight is 334 g/mol. The zero-order chi connectivity index (χ0) is 16.0. The summed E-state index contributed by atoms with van der Waals surface area (Å²) in [4.78, 5) is 0. The average Bonchev–Trinajstić information content (AvgIpc) is 2.42. The van der Waals surface area contributed by atoms with Crippen LogP contribution in [-0.2, 0) is 11.4 Å². The number of nitrogens with zero attached hydrogens (tertiary/aromatic N) is 1. The van der Waals surface area contributed by atoms with Crippen LogP contribution < -0.4 is 4.74 Å². The van der Waals surface area contributed by atoms with E-state index in [2.05, 4.69) is 4.40 Å². The normalized spacial score (nSPS) is 14.1. The summed E-state index contributed by atoms with van der Waals surface area (Å²) >= 11 is 4.31. The van der Waals surface area contributed by atoms with Crippen molar-refractivity contribution in [2.75, 3.05) is 13.0 Å². The third-order valence-electron chi connectivity index (χ3n) is 2.74. The van der Waals surface area contributed by atoms with Crippen molar-refractivity contribution in [1.29, 1.82) is 0 Å². The van der Waals surface area contributed by atoms with Gasteiger partial charge in [0, 0.05) is 11.4 Å². The van der Waals surface area contributed by atoms with Gasteiger partial charge >= 0.3 is 0 Å². The van der Waals surface area contributed by atoms with E-state index in [1.807, 2.05) is 20.8 Å². The summed E-state index contributed by atoms with van der Waals surface area (Å²) in [7, 11) is 1.51. The monoisotopic (exact) mass is 333 g/mol. The van der Waals surface area contributed by atoms with Crippen LogP contribution in [0, 0.1) is 5.82 Å². The number of ether oxygens (including phenoxy) is 1. The maximum Gasteiger partial charge on any atom is 0.144 e. The minimum Gasteiger partial charge on any atom is -0.591 e. The zero-order valence-electron chi connectivity index (χ0n) is 12.8. The van der Waals surface area contributed by atoms with Crippen molar-refractivity contribution < 1.29 is 13.7 Å². The van der Waals surface area contributed by atoms with E-state index in [4.69, 9.17) is 16.3 Å². The van der Waals surface area contributed by atoms with Crippen molar-refractivity contribution >= 4 is 28.7 Å². The molecule has 0 radical (unpaired) electrons. The molecule has 0 aliphatic heterocycles. The summed E-state index contributed by atoms with van der Waals surface area (Å²) in [6.45, 7) is 5.53. The molecule has 0 saturated carbocycles. The Hall–Kier alpha value is -0.780. The Morgan fingerprint density at radius 1 is 1.43 bits per heavy atom. The molecule has 1 rings (SSSR count). The molecule has 1 aromatic carbocycles. The molecule has 0 bridgehead atoms. The van der Waals surface area contributed by atoms with Gasteiger partial charge in [-0.25, -0.2) is 4.39 Å². The molecule has 0 heterocycles. The highest BCUT2D eigenvalue weighted by Gasteiger charge is 2.28. The summed E-state index contributed by atoms with van der Waals surface area (Å²) in [5.74, 6) is 0.584. The number of hydrogen-bond donors (Lipinski definition) is 0. The van der Waals surface area contributed by atoms with Crippen molar-refractivity contribution in [3.05, 3.63) is 29.6 Å². The molecule has 21 heavy (non-hydrogen) atoms. The Balaban J connectivity index is 3.25. The van der Waals surface area contributed by atoms with Gasteiger partial charge in [-0.1, -0.05) is 4.40 Å². The van der Waals surface area contributed by atoms with E-state index in [9.17, 15) is 8.94 Å². The molecule has 0 aromatic heterocycles. The summed E-state index contributed by atoms with van der Waals surface area (Å²) in [5.41, 5.74) is 1.08. The number of halogens is 2. The van der Waals surface area contributed by atoms with Crippen LogP contribution in [0.2, 0.25) is 0 Å². The molecule has 0 amide bonds. The van der Waals surface area contributed by atoms with E-state index < -0.39 is 16.1 Å². The lowest BCUT2D eigenvalue weighted by Crippen LogP contribution is -2.27. The minimum absolute atomic E-state index is 0.383. The topological polar surface area (TPSA) is 44.6 Å². The van der Waals surface area contributed by atoms with Gasteiger partial charge in [0.1, 0.15) is 33.4 Å². The van der Waals surface area contributed by atoms with Gasteiger partial charge in [0.2, 0.25) is 0 Å². The molecule has 0 aliphatic carbocycles. The predicted octanol–water partition coefficient (Wildman–Crippen LogP) is 4.10. The smallest absolute Gasteiger partial charge is 0.144 e. The van der Waals surface area contributed by atoms with Gasteiger partial charge < -0.3 is 9.29 Å². The first kappa shape index (κ1) is 18.3. The summed E-state index contributed by atoms with van der Waals surface area (Å²) in [6, 6.07) is 4.22. The molecule has 1 atom stereocenters. The van der Waals surface area contributed by atoms with Crippen LogP contribution in [0.4, 0.5) is 4.39 Å². The van der Waals surface area contributed by atoms with Crippen molar-refractivity contribution in [1.82, 2.24) is 0 Å². The van der Waals surface area contributed by atoms with Crippen molar-refractivity contribution in [2.45, 2.75) is 38.4 Å². The van der Waals surface area contributed by atoms with E-state index in [1.165, 1.54) is 19.2 Å². The van der Waals surface area contributed by atoms with Gasteiger partial charge in [-0.2, -0.15) is 0 Å². The van der Waals surface area contributed by atoms with Crippen LogP contribution in [0.15, 0.2) is 22.6 Å². The lowest BCUT2D eigenvalue weighted by atomic mass is 10.0. The molecule has 0 spiro atoms. The number of hydrogen-bond acceptors (Lipinski definition) is 3. The Kier molecular flexibility index (Phi) is 6.97. The maximum absolute atomic E-state index is 13.5. The number of methoxy groups -OCH3 is 1. The summed E-state index contributed by atoms with van der Waals surface area (Å²) in [5, 5.41) is 0. The Labute approximate surface area is 133 Å². The van der Waals surface area contributed by atoms with Gasteiger partial charge in [-0.15, -0.1) is 11.6 Å². The molecule has 0 fully saturated rings. The highest BCUT2D eigenvalue weighted by atomic mass is 35.5. The lowest BCUT2D eigenvalue weighted by molar-refractivity contribution is 0.412. The second-order valence-corrected chi connectivity index (χ2v) is 7.82. The quantitative estimate of drug-likeness (QED) is 0.447. The SMILES string of the molecule is COc1ccc(F)cc1/C(CCCCl)=N/[S@@+]([O-])C(C)(C)C. The van der Waals surface area contributed by atoms with E-state index >= 15 is 0 Å². The van der Waals surface area contributed by atoms with Crippen molar-refractivity contribution in [3.8, 4) is 5.75 Å². The van der Waals surface area contributed by atoms with Crippen molar-refractivity contribution in [3.63, 3.8) is 0 Å². The van der Waals surface area contributed by atoms with Crippen LogP contribution in [-0.4, -0.2) is 28.0 Å². The summed E-state index contributed by atoms with van der Waals surface area (Å²) in [6.07, 6.45) is 1.19. The molecular formula is C15H21ClFNO2S. The second kappa shape index (κ2) is 8.01. The van der Waals surface area contributed by atoms with Crippen LogP contribution in [0.25, 0.3) is 0 Å². The van der Waals surface area contributed by atoms with Crippen LogP contribution in [0.1, 0.15) is 39.2 Å². The third kappa shape index (κ3) is 5.49. The van der Waals surface area contributed by atoms with Crippen LogP contribution >= 0.6 is 11.6 Å². The van der Waals surface area contributed by atoms with Gasteiger partial charge in [-0.3, -0.25) is 0 Å². The van der Waals surface area contributed by atoms with Gasteiger partial charge in [-0.05, 0) is 51.8 Å². The molecule has 0 aliphatic rings. The van der Waals surface area contributed by atoms with Crippen molar-refractivity contribution in [2.24, 2.45) is 4.40 Å². The first-order valence-corrected chi connectivity index (χ1v) is 8.33. The van der Waals surface area contributed by atoms with E-state index in [0.717, 1.165) is 0 Å². The molecule has 1 aromatic rings. The molecule has 0 N–H and O–H groups in total. The van der Waals surface area contributed by atoms with E-state index in [0.29, 0.717) is 35.7 Å². The Morgan fingerprint density at radius 3 is 2.62 bits per heavy atom. The minimum atomic E-state index is -1.42. The number of alkyl halides is 1. The Bertz CT molecular complexity index is 503. The fraction of sp³-hybridized carbons (Fsp3) is 0.533. The molecule has 118 valence electrons. The first-order chi connectivity index (χ1) is 9.79. The third-order valence-corrected chi connectivity index (χ3v) is 4.44. The molecular weight excluding hydrogens is 313 g/mol. The predicted molar refractivity (Wildman–Crippen MR) is 87.3 cm³/mol. The lowest BCUT2D eigenvalue weighted by Gasteiger charge is -2.20. The molecule has 0 unspecified atom stereocenters. The van der Waals surface area contributed by atoms with Gasteiger partial charge in [0.15, 0.2) is 0 Å². The number of rotatable bonds is 6. The fourth-order valence-corrected chi connectivity index (χ4v) is 2.40. The molecule has 0 saturated heterocycles. The molecule has 3 nitrogen and oxygen atoms in total. The second-order valence-electron chi connectivity index (χ2n) is 5.54. The fourth-order valence-electron chi connectivity index (χ4n) is 1.61. The Morgan fingerprint density at radius 2 is 2.10 bits per heavy atom. The molecule has 6 heteroatoms. The van der Waals surface area contributed by atoms with Crippen LogP contribution in [0.3, 0.4) is 0 Å². The van der Waals surface area contributed by atoms with E-state index in [-0.39, 0.29) is 5.82 Å². The first-order valence-electron chi connectivity index (χ1n) is 6.69. The standard InChI is InChI=1S/C15H21ClFNO2S/c1-15(2,3)21(19)18-13(6-5-9-16)12-10-11(17)7-8-14(12)20-4/h7-8,10H,5-6,9H2,1-4H3/b18-13+/t21-/m0/s1. The summed E-state index contributed by atoms with van der Waals surface area (Å²) < 4.78 is 34.8. The van der Waals surface area contributed by atoms with Crippen LogP contribution in [0.5, 0.6) is 5.75 Å². The highest BCUT2D eigenvalue weighted by molar-refractivity contribution is 7.91. The van der Waals surface area contributed by atoms with E-state index in [1.54, 1.807) is 6.07 Å². The maximum atomic E-state index is 13.5. The van der Waals surface area contributed by atoms with Gasteiger partial charge in [0.25, 0.3) is 0 Å². The number of benzene rings is 1. The highest BCUT2D eigenvalue weighted by Crippen LogP contribution is 2.25. The largest absolute Gasteiger partial charge is 0.591 e. The van der Waals surface area contributed by atoms with Gasteiger partial charge in [0.05, 0.1) is 7.11 Å². The zero-order valence-corrected chi connectivity index (χ0v) is 14.4.